The monoisotopic (exact) mass is 771 g/mol. The summed E-state index contributed by atoms with van der Waals surface area (Å²) in [5.41, 5.74) is 1.86. The highest BCUT2D eigenvalue weighted by Gasteiger charge is 2.62. The fourth-order valence-corrected chi connectivity index (χ4v) is 9.91. The molecule has 5 atom stereocenters. The van der Waals surface area contributed by atoms with Crippen LogP contribution in [0.15, 0.2) is 23.6 Å². The third-order valence-corrected chi connectivity index (χ3v) is 13.9. The number of nitrogens with one attached hydrogen (secondary N) is 2. The number of fused-ring (bicyclic) bond motifs is 1. The molecule has 14 heteroatoms. The second-order valence-corrected chi connectivity index (χ2v) is 18.2. The van der Waals surface area contributed by atoms with Gasteiger partial charge in [-0.15, -0.1) is 11.3 Å². The maximum Gasteiger partial charge on any atom is 0.259 e. The van der Waals surface area contributed by atoms with Crippen LogP contribution in [0.5, 0.6) is 11.5 Å². The molecule has 292 valence electrons. The Morgan fingerprint density at radius 3 is 2.45 bits per heavy atom. The second kappa shape index (κ2) is 15.5. The van der Waals surface area contributed by atoms with Crippen LogP contribution < -0.4 is 19.5 Å². The maximum atomic E-state index is 14.3. The van der Waals surface area contributed by atoms with Crippen molar-refractivity contribution >= 4 is 50.0 Å². The van der Waals surface area contributed by atoms with Crippen molar-refractivity contribution in [1.82, 2.24) is 24.9 Å². The lowest BCUT2D eigenvalue weighted by atomic mass is 9.93. The number of methoxy groups -OCH3 is 1. The molecule has 53 heavy (non-hydrogen) atoms. The Hall–Kier alpha value is -3.78. The molecule has 3 aliphatic carbocycles. The van der Waals surface area contributed by atoms with Gasteiger partial charge in [0.25, 0.3) is 5.91 Å². The van der Waals surface area contributed by atoms with Crippen molar-refractivity contribution in [2.24, 2.45) is 17.8 Å². The number of unbranched alkanes of at least 4 members (excludes halogenated alkanes) is 2. The van der Waals surface area contributed by atoms with E-state index in [4.69, 9.17) is 19.4 Å². The average molecular weight is 772 g/mol. The van der Waals surface area contributed by atoms with Crippen molar-refractivity contribution in [3.8, 4) is 22.2 Å². The second-order valence-electron chi connectivity index (χ2n) is 15.4. The van der Waals surface area contributed by atoms with E-state index in [-0.39, 0.29) is 27.0 Å². The number of pyridine rings is 1. The van der Waals surface area contributed by atoms with Crippen LogP contribution in [0.25, 0.3) is 21.6 Å². The molecule has 2 N–H and O–H groups in total. The fraction of sp³-hybridized carbons (Fsp3) is 0.615. The minimum Gasteiger partial charge on any atom is -0.496 e. The number of thiazole rings is 1. The highest BCUT2D eigenvalue weighted by molar-refractivity contribution is 7.91. The minimum absolute atomic E-state index is 0. The number of sulfonamides is 1. The lowest BCUT2D eigenvalue weighted by molar-refractivity contribution is -0.140. The van der Waals surface area contributed by atoms with E-state index in [9.17, 15) is 22.8 Å². The third kappa shape index (κ3) is 8.04. The van der Waals surface area contributed by atoms with Gasteiger partial charge in [-0.1, -0.05) is 47.0 Å². The maximum absolute atomic E-state index is 14.3. The summed E-state index contributed by atoms with van der Waals surface area (Å²) >= 11 is 1.52. The molecule has 2 aromatic heterocycles. The summed E-state index contributed by atoms with van der Waals surface area (Å²) in [6.45, 7) is 10.7. The van der Waals surface area contributed by atoms with Crippen molar-refractivity contribution in [2.75, 3.05) is 20.7 Å². The lowest BCUT2D eigenvalue weighted by Crippen LogP contribution is -2.54. The van der Waals surface area contributed by atoms with E-state index < -0.39 is 50.6 Å². The molecular weight excluding hydrogens is 715 g/mol. The van der Waals surface area contributed by atoms with E-state index >= 15 is 0 Å². The Kier molecular flexibility index (Phi) is 11.4. The van der Waals surface area contributed by atoms with Crippen LogP contribution in [0, 0.1) is 24.7 Å². The molecule has 0 unspecified atom stereocenters. The van der Waals surface area contributed by atoms with E-state index in [1.807, 2.05) is 37.4 Å². The summed E-state index contributed by atoms with van der Waals surface area (Å²) in [7, 11) is -0.417. The predicted octanol–water partition coefficient (Wildman–Crippen LogP) is 6.61. The zero-order valence-electron chi connectivity index (χ0n) is 31.9. The smallest absolute Gasteiger partial charge is 0.259 e. The van der Waals surface area contributed by atoms with Crippen LogP contribution in [-0.4, -0.2) is 78.6 Å². The molecule has 1 aromatic carbocycles. The largest absolute Gasteiger partial charge is 0.496 e. The normalized spacial score (nSPS) is 23.9. The molecule has 3 aliphatic rings. The van der Waals surface area contributed by atoms with Crippen LogP contribution in [0.3, 0.4) is 0 Å². The highest BCUT2D eigenvalue weighted by atomic mass is 32.2. The molecule has 0 aliphatic heterocycles. The Morgan fingerprint density at radius 2 is 1.83 bits per heavy atom. The molecule has 3 saturated carbocycles. The number of carbonyl (C=O) groups excluding carboxylic acids is 3. The molecule has 0 saturated heterocycles. The SMILES string of the molecule is CCCCCN(C)C(=O)[C@@H]1C[C@H](Oc2cc(-c3nc(C(C)C)cs3)nc3c(C)c(OC)ccc23)C[C@H]1C(=O)N[C@]1(C(=O)NS(=O)(=O)C2CC2)C[C@H]1CC.[HH].[HH]. The summed E-state index contributed by atoms with van der Waals surface area (Å²) in [5.74, 6) is -1.44. The Labute approximate surface area is 319 Å². The van der Waals surface area contributed by atoms with Crippen molar-refractivity contribution in [2.45, 2.75) is 115 Å². The van der Waals surface area contributed by atoms with E-state index in [2.05, 4.69) is 30.8 Å². The summed E-state index contributed by atoms with van der Waals surface area (Å²) in [5, 5.41) is 5.97. The summed E-state index contributed by atoms with van der Waals surface area (Å²) in [6, 6.07) is 5.67. The lowest BCUT2D eigenvalue weighted by Gasteiger charge is -2.26. The topological polar surface area (TPSA) is 157 Å². The number of rotatable bonds is 16. The summed E-state index contributed by atoms with van der Waals surface area (Å²) in [4.78, 5) is 53.5. The van der Waals surface area contributed by atoms with Gasteiger partial charge in [-0.25, -0.2) is 18.4 Å². The predicted molar refractivity (Wildman–Crippen MR) is 210 cm³/mol. The average Bonchev–Trinajstić information content (AvgIpc) is 4.01. The van der Waals surface area contributed by atoms with Crippen molar-refractivity contribution < 1.29 is 35.1 Å². The minimum atomic E-state index is -3.81. The number of hydrogen-bond donors (Lipinski definition) is 2. The Bertz CT molecular complexity index is 1990. The number of amides is 3. The van der Waals surface area contributed by atoms with Crippen LogP contribution in [0.2, 0.25) is 0 Å². The van der Waals surface area contributed by atoms with E-state index in [0.29, 0.717) is 61.4 Å². The summed E-state index contributed by atoms with van der Waals surface area (Å²) in [6.07, 6.45) is 4.84. The van der Waals surface area contributed by atoms with Gasteiger partial charge in [0.1, 0.15) is 33.8 Å². The van der Waals surface area contributed by atoms with Gasteiger partial charge < -0.3 is 19.7 Å². The van der Waals surface area contributed by atoms with Crippen LogP contribution in [0.1, 0.15) is 106 Å². The van der Waals surface area contributed by atoms with Gasteiger partial charge in [0.2, 0.25) is 21.8 Å². The van der Waals surface area contributed by atoms with E-state index in [0.717, 1.165) is 40.9 Å². The Balaban J connectivity index is 0.00000336. The van der Waals surface area contributed by atoms with Gasteiger partial charge in [-0.05, 0) is 69.4 Å². The first-order valence-electron chi connectivity index (χ1n) is 19.0. The fourth-order valence-electron chi connectivity index (χ4n) is 7.60. The first-order valence-corrected chi connectivity index (χ1v) is 21.4. The number of aryl methyl sites for hydroxylation is 1. The number of aromatic nitrogens is 2. The van der Waals surface area contributed by atoms with Crippen molar-refractivity contribution in [3.05, 3.63) is 34.8 Å². The van der Waals surface area contributed by atoms with Gasteiger partial charge in [-0.3, -0.25) is 19.1 Å². The first kappa shape index (κ1) is 38.9. The molecule has 12 nitrogen and oxygen atoms in total. The molecule has 3 fully saturated rings. The quantitative estimate of drug-likeness (QED) is 0.153. The number of ether oxygens (including phenoxy) is 2. The highest BCUT2D eigenvalue weighted by Crippen LogP contribution is 2.48. The molecule has 6 rings (SSSR count). The van der Waals surface area contributed by atoms with Gasteiger partial charge >= 0.3 is 0 Å². The third-order valence-electron chi connectivity index (χ3n) is 11.2. The molecule has 0 radical (unpaired) electrons. The van der Waals surface area contributed by atoms with Gasteiger partial charge in [0.05, 0.1) is 35.4 Å². The molecule has 2 heterocycles. The van der Waals surface area contributed by atoms with Crippen molar-refractivity contribution in [1.29, 1.82) is 0 Å². The number of carbonyl (C=O) groups is 3. The standard InChI is InChI=1S/C39H53N5O7S2.2H2/c1-8-10-11-16-44(6)37(46)29-18-25(17-28(29)35(45)42-39(20-24(39)9-2)38(47)43-53(48,49)26-12-13-26)51-33-19-30(36-41-31(21-52-36)22(3)4)40-34-23(5)32(50-7)15-14-27(33)34;;/h14-15,19,21-22,24-26,28-29H,8-13,16-18,20H2,1-7H3,(H,42,45)(H,43,47);2*1H/t24-,25-,28-,29-,39-;;/m1../s1. The molecular formula is C39H57N5O7S2. The van der Waals surface area contributed by atoms with Gasteiger partial charge in [-0.2, -0.15) is 0 Å². The number of nitrogens with zero attached hydrogens (tertiary/aromatic N) is 3. The zero-order valence-corrected chi connectivity index (χ0v) is 33.5. The van der Waals surface area contributed by atoms with E-state index in [1.165, 1.54) is 11.3 Å². The van der Waals surface area contributed by atoms with Gasteiger partial charge in [0.15, 0.2) is 0 Å². The van der Waals surface area contributed by atoms with Gasteiger partial charge in [0, 0.05) is 38.8 Å². The van der Waals surface area contributed by atoms with Crippen LogP contribution >= 0.6 is 11.3 Å². The molecule has 3 amide bonds. The molecule has 0 bridgehead atoms. The molecule has 0 spiro atoms. The van der Waals surface area contributed by atoms with Crippen LogP contribution in [0.4, 0.5) is 0 Å². The zero-order chi connectivity index (χ0) is 38.2. The van der Waals surface area contributed by atoms with E-state index in [1.54, 1.807) is 19.1 Å². The van der Waals surface area contributed by atoms with Crippen molar-refractivity contribution in [3.63, 3.8) is 0 Å². The Morgan fingerprint density at radius 1 is 1.09 bits per heavy atom. The first-order chi connectivity index (χ1) is 25.2. The summed E-state index contributed by atoms with van der Waals surface area (Å²) < 4.78 is 40.1. The van der Waals surface area contributed by atoms with Crippen LogP contribution in [-0.2, 0) is 24.4 Å². The number of benzene rings is 1. The molecule has 3 aromatic rings. The number of hydrogen-bond acceptors (Lipinski definition) is 10.